The van der Waals surface area contributed by atoms with Crippen LogP contribution in [0.5, 0.6) is 5.75 Å². The highest BCUT2D eigenvalue weighted by Gasteiger charge is 2.20. The first kappa shape index (κ1) is 19.4. The van der Waals surface area contributed by atoms with Gasteiger partial charge in [0.25, 0.3) is 5.69 Å². The third-order valence-corrected chi connectivity index (χ3v) is 5.62. The van der Waals surface area contributed by atoms with Crippen LogP contribution in [-0.2, 0) is 14.6 Å². The van der Waals surface area contributed by atoms with Crippen molar-refractivity contribution >= 4 is 49.2 Å². The van der Waals surface area contributed by atoms with Gasteiger partial charge >= 0.3 is 5.97 Å². The van der Waals surface area contributed by atoms with E-state index in [1.807, 2.05) is 0 Å². The van der Waals surface area contributed by atoms with Crippen LogP contribution in [0.25, 0.3) is 0 Å². The molecule has 7 nitrogen and oxygen atoms in total. The molecule has 0 spiro atoms. The Labute approximate surface area is 156 Å². The first-order valence-corrected chi connectivity index (χ1v) is 10.4. The van der Waals surface area contributed by atoms with E-state index in [-0.39, 0.29) is 21.2 Å². The van der Waals surface area contributed by atoms with Crippen LogP contribution < -0.4 is 4.74 Å². The van der Waals surface area contributed by atoms with Gasteiger partial charge in [-0.15, -0.1) is 11.8 Å². The Balaban J connectivity index is 2.10. The molecule has 2 aromatic rings. The number of hydrogen-bond acceptors (Lipinski definition) is 7. The smallest absolute Gasteiger partial charge is 0.321 e. The van der Waals surface area contributed by atoms with Gasteiger partial charge in [0.2, 0.25) is 0 Å². The lowest BCUT2D eigenvalue weighted by Crippen LogP contribution is -2.10. The molecular formula is C15H12BrNO6S2. The third kappa shape index (κ3) is 5.55. The maximum absolute atomic E-state index is 11.9. The van der Waals surface area contributed by atoms with Crippen LogP contribution in [-0.4, -0.2) is 31.3 Å². The zero-order valence-electron chi connectivity index (χ0n) is 12.8. The van der Waals surface area contributed by atoms with Gasteiger partial charge in [0, 0.05) is 16.8 Å². The number of carbonyl (C=O) groups excluding carboxylic acids is 1. The molecule has 0 unspecified atom stereocenters. The Bertz CT molecular complexity index is 912. The second-order valence-corrected chi connectivity index (χ2v) is 8.82. The summed E-state index contributed by atoms with van der Waals surface area (Å²) in [6, 6.07) is 10.2. The number of ether oxygens (including phenoxy) is 1. The lowest BCUT2D eigenvalue weighted by Gasteiger charge is -2.06. The monoisotopic (exact) mass is 445 g/mol. The minimum absolute atomic E-state index is 0.152. The Kier molecular flexibility index (Phi) is 6.20. The fourth-order valence-electron chi connectivity index (χ4n) is 1.79. The summed E-state index contributed by atoms with van der Waals surface area (Å²) in [5.41, 5.74) is -0.371. The molecule has 0 saturated carbocycles. The quantitative estimate of drug-likeness (QED) is 0.220. The van der Waals surface area contributed by atoms with Crippen molar-refractivity contribution in [2.45, 2.75) is 9.79 Å². The third-order valence-electron chi connectivity index (χ3n) is 2.95. The fourth-order valence-corrected chi connectivity index (χ4v) is 3.48. The SMILES string of the molecule is CS(=O)(=O)c1ccc(SCC(=O)Oc2ccc(Br)cc2)c([N+](=O)[O-])c1. The summed E-state index contributed by atoms with van der Waals surface area (Å²) in [7, 11) is -3.56. The molecule has 0 aliphatic rings. The van der Waals surface area contributed by atoms with E-state index in [2.05, 4.69) is 15.9 Å². The van der Waals surface area contributed by atoms with Gasteiger partial charge < -0.3 is 4.74 Å². The molecule has 10 heteroatoms. The molecule has 0 aromatic heterocycles. The summed E-state index contributed by atoms with van der Waals surface area (Å²) in [6.45, 7) is 0. The Morgan fingerprint density at radius 2 is 1.88 bits per heavy atom. The summed E-state index contributed by atoms with van der Waals surface area (Å²) in [5, 5.41) is 11.1. The van der Waals surface area contributed by atoms with Gasteiger partial charge in [-0.1, -0.05) is 15.9 Å². The number of carbonyl (C=O) groups is 1. The van der Waals surface area contributed by atoms with Gasteiger partial charge in [0.15, 0.2) is 9.84 Å². The van der Waals surface area contributed by atoms with E-state index in [9.17, 15) is 23.3 Å². The number of benzene rings is 2. The van der Waals surface area contributed by atoms with Crippen LogP contribution in [0.2, 0.25) is 0 Å². The zero-order valence-corrected chi connectivity index (χ0v) is 16.1. The van der Waals surface area contributed by atoms with Crippen LogP contribution in [0, 0.1) is 10.1 Å². The average Bonchev–Trinajstić information content (AvgIpc) is 2.54. The largest absolute Gasteiger partial charge is 0.426 e. The van der Waals surface area contributed by atoms with E-state index in [4.69, 9.17) is 4.74 Å². The van der Waals surface area contributed by atoms with E-state index < -0.39 is 20.7 Å². The van der Waals surface area contributed by atoms with Crippen molar-refractivity contribution in [2.75, 3.05) is 12.0 Å². The molecule has 0 aliphatic heterocycles. The van der Waals surface area contributed by atoms with Gasteiger partial charge in [-0.3, -0.25) is 14.9 Å². The number of halogens is 1. The summed E-state index contributed by atoms with van der Waals surface area (Å²) >= 11 is 4.17. The number of rotatable bonds is 6. The predicted octanol–water partition coefficient (Wildman–Crippen LogP) is 3.46. The lowest BCUT2D eigenvalue weighted by molar-refractivity contribution is -0.388. The topological polar surface area (TPSA) is 104 Å². The Morgan fingerprint density at radius 3 is 2.44 bits per heavy atom. The van der Waals surface area contributed by atoms with E-state index >= 15 is 0 Å². The summed E-state index contributed by atoms with van der Waals surface area (Å²) in [4.78, 5) is 22.4. The number of nitro groups is 1. The van der Waals surface area contributed by atoms with Crippen LogP contribution >= 0.6 is 27.7 Å². The molecule has 0 saturated heterocycles. The Morgan fingerprint density at radius 1 is 1.24 bits per heavy atom. The second kappa shape index (κ2) is 7.98. The number of thioether (sulfide) groups is 1. The summed E-state index contributed by atoms with van der Waals surface area (Å²) < 4.78 is 29.0. The highest BCUT2D eigenvalue weighted by atomic mass is 79.9. The molecule has 2 aromatic carbocycles. The minimum atomic E-state index is -3.56. The molecule has 0 amide bonds. The summed E-state index contributed by atoms with van der Waals surface area (Å²) in [6.07, 6.45) is 0.967. The van der Waals surface area contributed by atoms with E-state index in [0.29, 0.717) is 5.75 Å². The molecule has 0 N–H and O–H groups in total. The number of nitrogens with zero attached hydrogens (tertiary/aromatic N) is 1. The first-order valence-electron chi connectivity index (χ1n) is 6.74. The van der Waals surface area contributed by atoms with Crippen molar-refractivity contribution in [3.63, 3.8) is 0 Å². The van der Waals surface area contributed by atoms with Crippen LogP contribution in [0.3, 0.4) is 0 Å². The lowest BCUT2D eigenvalue weighted by atomic mass is 10.3. The Hall–Kier alpha value is -1.91. The highest BCUT2D eigenvalue weighted by molar-refractivity contribution is 9.10. The molecule has 0 bridgehead atoms. The van der Waals surface area contributed by atoms with E-state index in [1.54, 1.807) is 24.3 Å². The number of esters is 1. The second-order valence-electron chi connectivity index (χ2n) is 4.88. The van der Waals surface area contributed by atoms with Gasteiger partial charge in [-0.25, -0.2) is 8.42 Å². The van der Waals surface area contributed by atoms with Crippen molar-refractivity contribution < 1.29 is 22.9 Å². The van der Waals surface area contributed by atoms with Gasteiger partial charge in [-0.2, -0.15) is 0 Å². The molecule has 0 aliphatic carbocycles. The predicted molar refractivity (Wildman–Crippen MR) is 96.7 cm³/mol. The normalized spacial score (nSPS) is 11.1. The number of nitro benzene ring substituents is 1. The summed E-state index contributed by atoms with van der Waals surface area (Å²) in [5.74, 6) is -0.376. The van der Waals surface area contributed by atoms with Crippen molar-refractivity contribution in [3.8, 4) is 5.75 Å². The standard InChI is InChI=1S/C15H12BrNO6S2/c1-25(21,22)12-6-7-14(13(8-12)17(19)20)24-9-15(18)23-11-4-2-10(16)3-5-11/h2-8H,9H2,1H3. The highest BCUT2D eigenvalue weighted by Crippen LogP contribution is 2.31. The van der Waals surface area contributed by atoms with Crippen LogP contribution in [0.1, 0.15) is 0 Å². The molecular weight excluding hydrogens is 434 g/mol. The number of hydrogen-bond donors (Lipinski definition) is 0. The molecule has 0 heterocycles. The first-order chi connectivity index (χ1) is 11.7. The molecule has 2 rings (SSSR count). The maximum Gasteiger partial charge on any atom is 0.321 e. The van der Waals surface area contributed by atoms with E-state index in [0.717, 1.165) is 28.6 Å². The zero-order chi connectivity index (χ0) is 18.6. The molecule has 25 heavy (non-hydrogen) atoms. The van der Waals surface area contributed by atoms with Gasteiger partial charge in [-0.05, 0) is 36.4 Å². The maximum atomic E-state index is 11.9. The van der Waals surface area contributed by atoms with Crippen LogP contribution in [0.15, 0.2) is 56.7 Å². The number of sulfone groups is 1. The van der Waals surface area contributed by atoms with E-state index in [1.165, 1.54) is 12.1 Å². The van der Waals surface area contributed by atoms with Crippen molar-refractivity contribution in [1.82, 2.24) is 0 Å². The van der Waals surface area contributed by atoms with Crippen molar-refractivity contribution in [3.05, 3.63) is 57.1 Å². The molecule has 0 fully saturated rings. The van der Waals surface area contributed by atoms with Crippen LogP contribution in [0.4, 0.5) is 5.69 Å². The average molecular weight is 446 g/mol. The molecule has 0 atom stereocenters. The van der Waals surface area contributed by atoms with Gasteiger partial charge in [0.1, 0.15) is 5.75 Å². The van der Waals surface area contributed by atoms with Crippen molar-refractivity contribution in [2.24, 2.45) is 0 Å². The van der Waals surface area contributed by atoms with Gasteiger partial charge in [0.05, 0.1) is 20.5 Å². The molecule has 0 radical (unpaired) electrons. The fraction of sp³-hybridized carbons (Fsp3) is 0.133. The van der Waals surface area contributed by atoms with Crippen molar-refractivity contribution in [1.29, 1.82) is 0 Å². The minimum Gasteiger partial charge on any atom is -0.426 e. The molecule has 132 valence electrons.